The molecule has 0 fully saturated rings. The van der Waals surface area contributed by atoms with Crippen LogP contribution >= 0.6 is 0 Å². The molecule has 21 heavy (non-hydrogen) atoms. The number of Topliss-reactive ketones (excluding diaryl/α,β-unsaturated/α-hetero) is 1. The number of aryl methyl sites for hydroxylation is 2. The van der Waals surface area contributed by atoms with Gasteiger partial charge in [0.2, 0.25) is 0 Å². The molecule has 0 amide bonds. The highest BCUT2D eigenvalue weighted by atomic mass is 16.1. The van der Waals surface area contributed by atoms with Gasteiger partial charge in [-0.1, -0.05) is 50.2 Å². The molecule has 2 aromatic carbocycles. The van der Waals surface area contributed by atoms with Gasteiger partial charge in [0.05, 0.1) is 0 Å². The second kappa shape index (κ2) is 6.71. The molecule has 0 heterocycles. The van der Waals surface area contributed by atoms with Crippen molar-refractivity contribution in [3.63, 3.8) is 0 Å². The molecule has 0 aliphatic rings. The van der Waals surface area contributed by atoms with Crippen LogP contribution in [-0.2, 0) is 12.8 Å². The number of hydrogen-bond donors (Lipinski definition) is 0. The van der Waals surface area contributed by atoms with Crippen molar-refractivity contribution in [2.45, 2.75) is 40.5 Å². The lowest BCUT2D eigenvalue weighted by atomic mass is 9.96. The molecule has 0 aliphatic carbocycles. The van der Waals surface area contributed by atoms with Gasteiger partial charge in [-0.05, 0) is 54.5 Å². The van der Waals surface area contributed by atoms with E-state index in [1.807, 2.05) is 18.2 Å². The Morgan fingerprint density at radius 3 is 2.38 bits per heavy atom. The predicted octanol–water partition coefficient (Wildman–Crippen LogP) is 4.93. The van der Waals surface area contributed by atoms with E-state index in [1.165, 1.54) is 16.7 Å². The molecule has 0 saturated heterocycles. The van der Waals surface area contributed by atoms with Crippen LogP contribution in [0, 0.1) is 19.8 Å². The van der Waals surface area contributed by atoms with Crippen molar-refractivity contribution < 1.29 is 4.79 Å². The topological polar surface area (TPSA) is 17.1 Å². The molecule has 0 aliphatic heterocycles. The first-order valence-electron chi connectivity index (χ1n) is 7.64. The summed E-state index contributed by atoms with van der Waals surface area (Å²) in [7, 11) is 0. The molecule has 0 atom stereocenters. The van der Waals surface area contributed by atoms with Crippen molar-refractivity contribution in [2.75, 3.05) is 0 Å². The van der Waals surface area contributed by atoms with Crippen molar-refractivity contribution in [3.8, 4) is 0 Å². The Morgan fingerprint density at radius 2 is 1.71 bits per heavy atom. The molecule has 0 saturated carbocycles. The zero-order valence-corrected chi connectivity index (χ0v) is 13.4. The summed E-state index contributed by atoms with van der Waals surface area (Å²) in [4.78, 5) is 12.4. The van der Waals surface area contributed by atoms with Gasteiger partial charge in [-0.25, -0.2) is 0 Å². The number of ketones is 1. The molecule has 0 unspecified atom stereocenters. The Kier molecular flexibility index (Phi) is 4.95. The average molecular weight is 280 g/mol. The lowest BCUT2D eigenvalue weighted by Crippen LogP contribution is -2.05. The molecular formula is C20H24O. The second-order valence-electron chi connectivity index (χ2n) is 6.32. The Morgan fingerprint density at radius 1 is 0.952 bits per heavy atom. The molecule has 0 N–H and O–H groups in total. The van der Waals surface area contributed by atoms with Crippen LogP contribution in [0.1, 0.15) is 46.5 Å². The first kappa shape index (κ1) is 15.5. The lowest BCUT2D eigenvalue weighted by molar-refractivity contribution is 0.0993. The number of carbonyl (C=O) groups is 1. The summed E-state index contributed by atoms with van der Waals surface area (Å²) < 4.78 is 0. The van der Waals surface area contributed by atoms with E-state index in [0.717, 1.165) is 17.5 Å². The maximum atomic E-state index is 12.4. The minimum absolute atomic E-state index is 0.198. The van der Waals surface area contributed by atoms with Gasteiger partial charge in [-0.15, -0.1) is 0 Å². The van der Waals surface area contributed by atoms with E-state index in [2.05, 4.69) is 52.0 Å². The standard InChI is InChI=1S/C20H24O/c1-14(2)10-17-6-5-7-19(12-17)20(21)13-18-9-8-15(3)16(4)11-18/h5-9,11-12,14H,10,13H2,1-4H3. The normalized spacial score (nSPS) is 10.9. The molecular weight excluding hydrogens is 256 g/mol. The third-order valence-corrected chi connectivity index (χ3v) is 3.83. The van der Waals surface area contributed by atoms with Crippen LogP contribution in [0.5, 0.6) is 0 Å². The van der Waals surface area contributed by atoms with E-state index < -0.39 is 0 Å². The second-order valence-corrected chi connectivity index (χ2v) is 6.32. The maximum Gasteiger partial charge on any atom is 0.167 e. The summed E-state index contributed by atoms with van der Waals surface area (Å²) in [5, 5.41) is 0. The fourth-order valence-corrected chi connectivity index (χ4v) is 2.54. The van der Waals surface area contributed by atoms with Crippen LogP contribution in [0.25, 0.3) is 0 Å². The molecule has 110 valence electrons. The third-order valence-electron chi connectivity index (χ3n) is 3.83. The van der Waals surface area contributed by atoms with Crippen molar-refractivity contribution >= 4 is 5.78 Å². The van der Waals surface area contributed by atoms with Crippen LogP contribution < -0.4 is 0 Å². The van der Waals surface area contributed by atoms with Gasteiger partial charge in [0.1, 0.15) is 0 Å². The van der Waals surface area contributed by atoms with Gasteiger partial charge >= 0.3 is 0 Å². The number of carbonyl (C=O) groups excluding carboxylic acids is 1. The van der Waals surface area contributed by atoms with Gasteiger partial charge in [0.25, 0.3) is 0 Å². The van der Waals surface area contributed by atoms with E-state index in [0.29, 0.717) is 12.3 Å². The molecule has 1 nitrogen and oxygen atoms in total. The summed E-state index contributed by atoms with van der Waals surface area (Å²) in [6, 6.07) is 14.3. The van der Waals surface area contributed by atoms with E-state index >= 15 is 0 Å². The van der Waals surface area contributed by atoms with Gasteiger partial charge in [0, 0.05) is 12.0 Å². The first-order chi connectivity index (χ1) is 9.95. The van der Waals surface area contributed by atoms with Crippen molar-refractivity contribution in [3.05, 3.63) is 70.3 Å². The lowest BCUT2D eigenvalue weighted by Gasteiger charge is -2.08. The average Bonchev–Trinajstić information content (AvgIpc) is 2.42. The molecule has 0 radical (unpaired) electrons. The van der Waals surface area contributed by atoms with Crippen molar-refractivity contribution in [2.24, 2.45) is 5.92 Å². The zero-order valence-electron chi connectivity index (χ0n) is 13.4. The smallest absolute Gasteiger partial charge is 0.167 e. The minimum atomic E-state index is 0.198. The number of benzene rings is 2. The fourth-order valence-electron chi connectivity index (χ4n) is 2.54. The van der Waals surface area contributed by atoms with Crippen LogP contribution in [0.2, 0.25) is 0 Å². The summed E-state index contributed by atoms with van der Waals surface area (Å²) in [6.07, 6.45) is 1.50. The van der Waals surface area contributed by atoms with Crippen LogP contribution in [-0.4, -0.2) is 5.78 Å². The summed E-state index contributed by atoms with van der Waals surface area (Å²) >= 11 is 0. The molecule has 0 spiro atoms. The molecule has 1 heteroatoms. The zero-order chi connectivity index (χ0) is 15.4. The van der Waals surface area contributed by atoms with E-state index in [9.17, 15) is 4.79 Å². The Bertz CT molecular complexity index is 638. The summed E-state index contributed by atoms with van der Waals surface area (Å²) in [5.41, 5.74) is 5.68. The third kappa shape index (κ3) is 4.29. The van der Waals surface area contributed by atoms with Crippen LogP contribution in [0.3, 0.4) is 0 Å². The quantitative estimate of drug-likeness (QED) is 0.710. The van der Waals surface area contributed by atoms with Crippen molar-refractivity contribution in [1.29, 1.82) is 0 Å². The number of hydrogen-bond acceptors (Lipinski definition) is 1. The van der Waals surface area contributed by atoms with Crippen molar-refractivity contribution in [1.82, 2.24) is 0 Å². The largest absolute Gasteiger partial charge is 0.294 e. The minimum Gasteiger partial charge on any atom is -0.294 e. The van der Waals surface area contributed by atoms with Gasteiger partial charge < -0.3 is 0 Å². The Balaban J connectivity index is 2.14. The maximum absolute atomic E-state index is 12.4. The fraction of sp³-hybridized carbons (Fsp3) is 0.350. The summed E-state index contributed by atoms with van der Waals surface area (Å²) in [5.74, 6) is 0.805. The van der Waals surface area contributed by atoms with Gasteiger partial charge in [-0.3, -0.25) is 4.79 Å². The molecule has 2 aromatic rings. The highest BCUT2D eigenvalue weighted by Crippen LogP contribution is 2.15. The first-order valence-corrected chi connectivity index (χ1v) is 7.64. The molecule has 0 bridgehead atoms. The van der Waals surface area contributed by atoms with Crippen LogP contribution in [0.4, 0.5) is 0 Å². The predicted molar refractivity (Wildman–Crippen MR) is 88.9 cm³/mol. The SMILES string of the molecule is Cc1ccc(CC(=O)c2cccc(CC(C)C)c2)cc1C. The van der Waals surface area contributed by atoms with Crippen LogP contribution in [0.15, 0.2) is 42.5 Å². The highest BCUT2D eigenvalue weighted by Gasteiger charge is 2.09. The number of rotatable bonds is 5. The monoisotopic (exact) mass is 280 g/mol. The van der Waals surface area contributed by atoms with Gasteiger partial charge in [-0.2, -0.15) is 0 Å². The molecule has 2 rings (SSSR count). The Hall–Kier alpha value is -1.89. The highest BCUT2D eigenvalue weighted by molar-refractivity contribution is 5.97. The van der Waals surface area contributed by atoms with E-state index in [-0.39, 0.29) is 5.78 Å². The summed E-state index contributed by atoms with van der Waals surface area (Å²) in [6.45, 7) is 8.58. The van der Waals surface area contributed by atoms with E-state index in [4.69, 9.17) is 0 Å². The Labute approximate surface area is 128 Å². The molecule has 0 aromatic heterocycles. The van der Waals surface area contributed by atoms with Gasteiger partial charge in [0.15, 0.2) is 5.78 Å². The van der Waals surface area contributed by atoms with E-state index in [1.54, 1.807) is 0 Å².